The van der Waals surface area contributed by atoms with Gasteiger partial charge in [-0.15, -0.1) is 0 Å². The van der Waals surface area contributed by atoms with E-state index in [2.05, 4.69) is 0 Å². The Labute approximate surface area is 162 Å². The normalized spacial score (nSPS) is 16.6. The maximum Gasteiger partial charge on any atom is 0.410 e. The van der Waals surface area contributed by atoms with Crippen LogP contribution in [-0.4, -0.2) is 66.8 Å². The SMILES string of the molecule is CN(C(=O)O[C@H](C(=O)N1CCOCC1)C(C)(C)c1ccccc1)C(C)(C)C. The lowest BCUT2D eigenvalue weighted by atomic mass is 9.78. The molecule has 1 aliphatic heterocycles. The fourth-order valence-electron chi connectivity index (χ4n) is 2.93. The van der Waals surface area contributed by atoms with Gasteiger partial charge in [0.25, 0.3) is 5.91 Å². The summed E-state index contributed by atoms with van der Waals surface area (Å²) >= 11 is 0. The van der Waals surface area contributed by atoms with E-state index in [-0.39, 0.29) is 5.91 Å². The van der Waals surface area contributed by atoms with Gasteiger partial charge in [-0.3, -0.25) is 4.79 Å². The Morgan fingerprint density at radius 1 is 1.07 bits per heavy atom. The number of hydrogen-bond acceptors (Lipinski definition) is 4. The van der Waals surface area contributed by atoms with Crippen molar-refractivity contribution in [1.29, 1.82) is 0 Å². The summed E-state index contributed by atoms with van der Waals surface area (Å²) in [4.78, 5) is 29.3. The predicted molar refractivity (Wildman–Crippen MR) is 105 cm³/mol. The van der Waals surface area contributed by atoms with Gasteiger partial charge in [0.15, 0.2) is 6.10 Å². The number of nitrogens with zero attached hydrogens (tertiary/aromatic N) is 2. The van der Waals surface area contributed by atoms with Crippen molar-refractivity contribution in [3.63, 3.8) is 0 Å². The van der Waals surface area contributed by atoms with Crippen LogP contribution >= 0.6 is 0 Å². The van der Waals surface area contributed by atoms with E-state index in [9.17, 15) is 9.59 Å². The van der Waals surface area contributed by atoms with Crippen molar-refractivity contribution >= 4 is 12.0 Å². The number of ether oxygens (including phenoxy) is 2. The first-order valence-corrected chi connectivity index (χ1v) is 9.41. The van der Waals surface area contributed by atoms with Crippen molar-refractivity contribution in [2.24, 2.45) is 0 Å². The lowest BCUT2D eigenvalue weighted by molar-refractivity contribution is -0.148. The van der Waals surface area contributed by atoms with E-state index in [1.165, 1.54) is 4.90 Å². The summed E-state index contributed by atoms with van der Waals surface area (Å²) < 4.78 is 11.2. The van der Waals surface area contributed by atoms with Crippen molar-refractivity contribution in [2.45, 2.75) is 51.7 Å². The van der Waals surface area contributed by atoms with Gasteiger partial charge in [-0.1, -0.05) is 44.2 Å². The molecule has 1 fully saturated rings. The largest absolute Gasteiger partial charge is 0.435 e. The smallest absolute Gasteiger partial charge is 0.410 e. The molecule has 1 aromatic rings. The fourth-order valence-corrected chi connectivity index (χ4v) is 2.93. The molecule has 1 heterocycles. The Bertz CT molecular complexity index is 646. The average molecular weight is 376 g/mol. The summed E-state index contributed by atoms with van der Waals surface area (Å²) in [7, 11) is 1.69. The molecule has 0 saturated carbocycles. The molecule has 6 nitrogen and oxygen atoms in total. The van der Waals surface area contributed by atoms with Crippen LogP contribution in [0.3, 0.4) is 0 Å². The van der Waals surface area contributed by atoms with Crippen LogP contribution in [0.2, 0.25) is 0 Å². The first-order chi connectivity index (χ1) is 12.5. The van der Waals surface area contributed by atoms with Gasteiger partial charge >= 0.3 is 6.09 Å². The lowest BCUT2D eigenvalue weighted by Gasteiger charge is -2.39. The fraction of sp³-hybridized carbons (Fsp3) is 0.619. The molecule has 1 saturated heterocycles. The van der Waals surface area contributed by atoms with Crippen LogP contribution < -0.4 is 0 Å². The Kier molecular flexibility index (Phi) is 6.52. The van der Waals surface area contributed by atoms with Crippen LogP contribution in [-0.2, 0) is 19.7 Å². The molecule has 0 unspecified atom stereocenters. The van der Waals surface area contributed by atoms with Gasteiger partial charge in [0.1, 0.15) is 0 Å². The van der Waals surface area contributed by atoms with E-state index in [4.69, 9.17) is 9.47 Å². The van der Waals surface area contributed by atoms with Gasteiger partial charge in [0.05, 0.1) is 13.2 Å². The third-order valence-electron chi connectivity index (χ3n) is 5.22. The van der Waals surface area contributed by atoms with E-state index < -0.39 is 23.2 Å². The second-order valence-corrected chi connectivity index (χ2v) is 8.52. The molecule has 0 N–H and O–H groups in total. The van der Waals surface area contributed by atoms with Gasteiger partial charge in [-0.05, 0) is 26.3 Å². The zero-order chi connectivity index (χ0) is 20.2. The highest BCUT2D eigenvalue weighted by Gasteiger charge is 2.43. The molecule has 0 spiro atoms. The topological polar surface area (TPSA) is 59.1 Å². The summed E-state index contributed by atoms with van der Waals surface area (Å²) in [6.45, 7) is 11.7. The van der Waals surface area contributed by atoms with Crippen molar-refractivity contribution in [3.8, 4) is 0 Å². The maximum absolute atomic E-state index is 13.3. The number of amides is 2. The summed E-state index contributed by atoms with van der Waals surface area (Å²) in [6, 6.07) is 9.70. The van der Waals surface area contributed by atoms with E-state index in [0.29, 0.717) is 26.3 Å². The van der Waals surface area contributed by atoms with Crippen LogP contribution in [0.1, 0.15) is 40.2 Å². The van der Waals surface area contributed by atoms with Crippen LogP contribution in [0.4, 0.5) is 4.79 Å². The second-order valence-electron chi connectivity index (χ2n) is 8.52. The van der Waals surface area contributed by atoms with Crippen LogP contribution in [0.15, 0.2) is 30.3 Å². The van der Waals surface area contributed by atoms with Crippen LogP contribution in [0, 0.1) is 0 Å². The Morgan fingerprint density at radius 2 is 1.63 bits per heavy atom. The van der Waals surface area contributed by atoms with Crippen molar-refractivity contribution < 1.29 is 19.1 Å². The quantitative estimate of drug-likeness (QED) is 0.810. The molecule has 6 heteroatoms. The molecular formula is C21H32N2O4. The molecule has 0 radical (unpaired) electrons. The highest BCUT2D eigenvalue weighted by molar-refractivity contribution is 5.85. The average Bonchev–Trinajstić information content (AvgIpc) is 2.65. The Morgan fingerprint density at radius 3 is 2.15 bits per heavy atom. The Hall–Kier alpha value is -2.08. The number of carbonyl (C=O) groups is 2. The third kappa shape index (κ3) is 5.01. The molecule has 0 aromatic heterocycles. The van der Waals surface area contributed by atoms with Crippen LogP contribution in [0.5, 0.6) is 0 Å². The first kappa shape index (κ1) is 21.2. The summed E-state index contributed by atoms with van der Waals surface area (Å²) in [5.41, 5.74) is -0.131. The third-order valence-corrected chi connectivity index (χ3v) is 5.22. The van der Waals surface area contributed by atoms with Gasteiger partial charge in [-0.25, -0.2) is 4.79 Å². The molecule has 0 bridgehead atoms. The minimum absolute atomic E-state index is 0.178. The standard InChI is InChI=1S/C21H32N2O4/c1-20(2,3)22(6)19(25)27-17(18(24)23-12-14-26-15-13-23)21(4,5)16-10-8-7-9-11-16/h7-11,17H,12-15H2,1-6H3/t17-/m1/s1. The lowest BCUT2D eigenvalue weighted by Crippen LogP contribution is -2.55. The highest BCUT2D eigenvalue weighted by atomic mass is 16.6. The molecule has 150 valence electrons. The van der Waals surface area contributed by atoms with Crippen LogP contribution in [0.25, 0.3) is 0 Å². The molecular weight excluding hydrogens is 344 g/mol. The molecule has 1 aromatic carbocycles. The maximum atomic E-state index is 13.3. The number of hydrogen-bond donors (Lipinski definition) is 0. The van der Waals surface area contributed by atoms with E-state index >= 15 is 0 Å². The zero-order valence-corrected chi connectivity index (χ0v) is 17.3. The second kappa shape index (κ2) is 8.30. The van der Waals surface area contributed by atoms with Gasteiger partial charge in [-0.2, -0.15) is 0 Å². The minimum Gasteiger partial charge on any atom is -0.435 e. The molecule has 0 aliphatic carbocycles. The van der Waals surface area contributed by atoms with Crippen molar-refractivity contribution in [3.05, 3.63) is 35.9 Å². The minimum atomic E-state index is -0.921. The summed E-state index contributed by atoms with van der Waals surface area (Å²) in [5.74, 6) is -0.178. The van der Waals surface area contributed by atoms with Gasteiger partial charge in [0, 0.05) is 31.1 Å². The first-order valence-electron chi connectivity index (χ1n) is 9.41. The zero-order valence-electron chi connectivity index (χ0n) is 17.3. The van der Waals surface area contributed by atoms with E-state index in [1.807, 2.05) is 65.0 Å². The van der Waals surface area contributed by atoms with Gasteiger partial charge in [0.2, 0.25) is 0 Å². The monoisotopic (exact) mass is 376 g/mol. The molecule has 1 aliphatic rings. The number of carbonyl (C=O) groups excluding carboxylic acids is 2. The van der Waals surface area contributed by atoms with Crippen molar-refractivity contribution in [1.82, 2.24) is 9.80 Å². The number of benzene rings is 1. The van der Waals surface area contributed by atoms with E-state index in [0.717, 1.165) is 5.56 Å². The van der Waals surface area contributed by atoms with Gasteiger partial charge < -0.3 is 19.3 Å². The Balaban J connectivity index is 2.33. The summed E-state index contributed by atoms with van der Waals surface area (Å²) in [5, 5.41) is 0. The van der Waals surface area contributed by atoms with E-state index in [1.54, 1.807) is 11.9 Å². The molecule has 1 atom stereocenters. The molecule has 2 amide bonds. The predicted octanol–water partition coefficient (Wildman–Crippen LogP) is 3.06. The summed E-state index contributed by atoms with van der Waals surface area (Å²) in [6.07, 6.45) is -1.42. The highest BCUT2D eigenvalue weighted by Crippen LogP contribution is 2.31. The number of morpholine rings is 1. The molecule has 27 heavy (non-hydrogen) atoms. The molecule has 2 rings (SSSR count). The van der Waals surface area contributed by atoms with Crippen molar-refractivity contribution in [2.75, 3.05) is 33.4 Å². The number of rotatable bonds is 4.